The minimum Gasteiger partial charge on any atom is -0.491 e. The van der Waals surface area contributed by atoms with Crippen molar-refractivity contribution in [3.63, 3.8) is 0 Å². The number of hydrogen-bond acceptors (Lipinski definition) is 7. The topological polar surface area (TPSA) is 129 Å². The largest absolute Gasteiger partial charge is 0.491 e. The van der Waals surface area contributed by atoms with Gasteiger partial charge in [0.05, 0.1) is 17.8 Å². The molecule has 2 aromatic rings. The number of fused-ring (bicyclic) bond motifs is 3. The van der Waals surface area contributed by atoms with Gasteiger partial charge in [-0.15, -0.1) is 0 Å². The fraction of sp³-hybridized carbons (Fsp3) is 0.577. The summed E-state index contributed by atoms with van der Waals surface area (Å²) in [5.41, 5.74) is 1.92. The van der Waals surface area contributed by atoms with Gasteiger partial charge in [0, 0.05) is 19.2 Å². The summed E-state index contributed by atoms with van der Waals surface area (Å²) in [6.45, 7) is -1.07. The fourth-order valence-corrected chi connectivity index (χ4v) is 5.97. The Morgan fingerprint density at radius 2 is 2.05 bits per heavy atom. The van der Waals surface area contributed by atoms with E-state index in [4.69, 9.17) is 9.84 Å². The number of amides is 2. The number of nitrogens with zero attached hydrogens (tertiary/aromatic N) is 2. The fourth-order valence-electron chi connectivity index (χ4n) is 5.43. The average molecular weight is 585 g/mol. The van der Waals surface area contributed by atoms with Gasteiger partial charge in [-0.3, -0.25) is 9.59 Å². The lowest BCUT2D eigenvalue weighted by Crippen LogP contribution is -2.49. The predicted octanol–water partition coefficient (Wildman–Crippen LogP) is 2.75. The standard InChI is InChI=1S/C26H31F3N4O6S/c1-40(36,37)14-21(34)30-23-22-20(32-33(23)9-7-16-2-3-16)13-25(31-24(22)35)8-6-17-12-18(4-5-19(17)25)39-11-10-38-15-26(27,28)29/h4-5,12,16H,2-3,6-11,13-15H2,1H3,(H,30,34)(H,31,35)/t25-/m1/s1. The number of carbonyl (C=O) groups is 2. The predicted molar refractivity (Wildman–Crippen MR) is 138 cm³/mol. The molecule has 40 heavy (non-hydrogen) atoms. The van der Waals surface area contributed by atoms with E-state index in [1.165, 1.54) is 0 Å². The summed E-state index contributed by atoms with van der Waals surface area (Å²) in [6, 6.07) is 5.38. The third-order valence-electron chi connectivity index (χ3n) is 7.35. The van der Waals surface area contributed by atoms with Crippen molar-refractivity contribution in [3.05, 3.63) is 40.6 Å². The Balaban J connectivity index is 1.33. The lowest BCUT2D eigenvalue weighted by molar-refractivity contribution is -0.175. The van der Waals surface area contributed by atoms with Gasteiger partial charge in [-0.25, -0.2) is 13.1 Å². The van der Waals surface area contributed by atoms with Crippen molar-refractivity contribution in [2.45, 2.75) is 56.8 Å². The maximum atomic E-state index is 13.5. The van der Waals surface area contributed by atoms with E-state index >= 15 is 0 Å². The molecule has 1 saturated carbocycles. The van der Waals surface area contributed by atoms with E-state index in [0.717, 1.165) is 36.6 Å². The molecule has 0 unspecified atom stereocenters. The summed E-state index contributed by atoms with van der Waals surface area (Å²) in [4.78, 5) is 26.0. The summed E-state index contributed by atoms with van der Waals surface area (Å²) < 4.78 is 71.7. The van der Waals surface area contributed by atoms with Crippen LogP contribution >= 0.6 is 0 Å². The van der Waals surface area contributed by atoms with Gasteiger partial charge in [0.15, 0.2) is 9.84 Å². The Bertz CT molecular complexity index is 1420. The van der Waals surface area contributed by atoms with Crippen LogP contribution in [0.4, 0.5) is 19.0 Å². The number of halogens is 3. The molecular formula is C26H31F3N4O6S. The number of ether oxygens (including phenoxy) is 2. The number of aromatic nitrogens is 2. The molecule has 0 radical (unpaired) electrons. The number of alkyl halides is 3. The number of anilines is 1. The minimum absolute atomic E-state index is 0.0355. The van der Waals surface area contributed by atoms with Crippen LogP contribution in [0.1, 0.15) is 52.9 Å². The maximum absolute atomic E-state index is 13.5. The van der Waals surface area contributed by atoms with E-state index in [1.807, 2.05) is 12.1 Å². The second-order valence-electron chi connectivity index (χ2n) is 10.8. The van der Waals surface area contributed by atoms with Gasteiger partial charge in [-0.1, -0.05) is 18.9 Å². The van der Waals surface area contributed by atoms with Crippen LogP contribution in [0.15, 0.2) is 18.2 Å². The minimum atomic E-state index is -4.39. The van der Waals surface area contributed by atoms with Crippen molar-refractivity contribution in [1.82, 2.24) is 15.1 Å². The first-order valence-corrected chi connectivity index (χ1v) is 15.2. The highest BCUT2D eigenvalue weighted by atomic mass is 32.2. The zero-order valence-electron chi connectivity index (χ0n) is 22.0. The zero-order chi connectivity index (χ0) is 28.7. The summed E-state index contributed by atoms with van der Waals surface area (Å²) >= 11 is 0. The summed E-state index contributed by atoms with van der Waals surface area (Å²) in [7, 11) is -3.56. The van der Waals surface area contributed by atoms with Gasteiger partial charge in [-0.2, -0.15) is 18.3 Å². The number of aryl methyl sites for hydroxylation is 2. The second kappa shape index (κ2) is 10.7. The monoisotopic (exact) mass is 584 g/mol. The number of carbonyl (C=O) groups excluding carboxylic acids is 2. The van der Waals surface area contributed by atoms with Crippen LogP contribution < -0.4 is 15.4 Å². The molecule has 2 aliphatic carbocycles. The van der Waals surface area contributed by atoms with Crippen LogP contribution in [-0.4, -0.2) is 68.0 Å². The Morgan fingerprint density at radius 1 is 1.27 bits per heavy atom. The molecule has 1 aromatic heterocycles. The van der Waals surface area contributed by atoms with E-state index in [-0.39, 0.29) is 24.6 Å². The lowest BCUT2D eigenvalue weighted by Gasteiger charge is -2.35. The highest BCUT2D eigenvalue weighted by Gasteiger charge is 2.46. The van der Waals surface area contributed by atoms with E-state index < -0.39 is 45.7 Å². The second-order valence-corrected chi connectivity index (χ2v) is 12.9. The Morgan fingerprint density at radius 3 is 2.75 bits per heavy atom. The van der Waals surface area contributed by atoms with Crippen LogP contribution in [-0.2, 0) is 44.3 Å². The van der Waals surface area contributed by atoms with Crippen molar-refractivity contribution in [3.8, 4) is 5.75 Å². The number of rotatable bonds is 11. The van der Waals surface area contributed by atoms with Crippen molar-refractivity contribution >= 4 is 27.5 Å². The summed E-state index contributed by atoms with van der Waals surface area (Å²) in [5, 5.41) is 10.5. The number of sulfone groups is 1. The first-order chi connectivity index (χ1) is 18.8. The van der Waals surface area contributed by atoms with E-state index in [2.05, 4.69) is 15.4 Å². The van der Waals surface area contributed by atoms with Crippen molar-refractivity contribution in [2.24, 2.45) is 5.92 Å². The van der Waals surface area contributed by atoms with E-state index in [1.54, 1.807) is 10.7 Å². The number of nitrogens with one attached hydrogen (secondary N) is 2. The molecule has 1 atom stereocenters. The van der Waals surface area contributed by atoms with Crippen LogP contribution in [0.25, 0.3) is 0 Å². The Labute approximate surface area is 229 Å². The molecule has 0 bridgehead atoms. The molecule has 1 fully saturated rings. The average Bonchev–Trinajstić information content (AvgIpc) is 3.53. The zero-order valence-corrected chi connectivity index (χ0v) is 22.8. The third kappa shape index (κ3) is 6.60. The molecule has 1 aliphatic heterocycles. The van der Waals surface area contributed by atoms with Crippen LogP contribution in [0.3, 0.4) is 0 Å². The highest BCUT2D eigenvalue weighted by molar-refractivity contribution is 7.91. The van der Waals surface area contributed by atoms with Gasteiger partial charge in [0.25, 0.3) is 5.91 Å². The van der Waals surface area contributed by atoms with Crippen LogP contribution in [0.5, 0.6) is 5.75 Å². The van der Waals surface area contributed by atoms with E-state index in [0.29, 0.717) is 43.2 Å². The van der Waals surface area contributed by atoms with Crippen LogP contribution in [0, 0.1) is 5.92 Å². The molecule has 2 heterocycles. The van der Waals surface area contributed by atoms with Crippen LogP contribution in [0.2, 0.25) is 0 Å². The molecule has 1 spiro atoms. The van der Waals surface area contributed by atoms with Gasteiger partial charge in [0.2, 0.25) is 5.91 Å². The molecule has 10 nitrogen and oxygen atoms in total. The number of hydrogen-bond donors (Lipinski definition) is 2. The van der Waals surface area contributed by atoms with Crippen molar-refractivity contribution < 1.29 is 40.7 Å². The first kappa shape index (κ1) is 28.4. The molecule has 5 rings (SSSR count). The molecule has 1 aromatic carbocycles. The molecule has 2 N–H and O–H groups in total. The quantitative estimate of drug-likeness (QED) is 0.389. The molecular weight excluding hydrogens is 553 g/mol. The van der Waals surface area contributed by atoms with Crippen molar-refractivity contribution in [1.29, 1.82) is 0 Å². The normalized spacial score (nSPS) is 20.2. The Hall–Kier alpha value is -3.13. The summed E-state index contributed by atoms with van der Waals surface area (Å²) in [5.74, 6) is -0.541. The summed E-state index contributed by atoms with van der Waals surface area (Å²) in [6.07, 6.45) is 1.32. The smallest absolute Gasteiger partial charge is 0.411 e. The SMILES string of the molecule is CS(=O)(=O)CC(=O)Nc1c2c(nn1CCC1CC1)C[C@@]1(CCc3cc(OCCOCC(F)(F)F)ccc31)NC2=O. The number of benzene rings is 1. The lowest BCUT2D eigenvalue weighted by atomic mass is 9.82. The molecule has 2 amide bonds. The van der Waals surface area contributed by atoms with Crippen molar-refractivity contribution in [2.75, 3.05) is 37.1 Å². The van der Waals surface area contributed by atoms with Gasteiger partial charge in [-0.05, 0) is 48.4 Å². The molecule has 14 heteroatoms. The molecule has 3 aliphatic rings. The van der Waals surface area contributed by atoms with Gasteiger partial charge < -0.3 is 20.1 Å². The third-order valence-corrected chi connectivity index (χ3v) is 8.13. The Kier molecular flexibility index (Phi) is 7.59. The van der Waals surface area contributed by atoms with Gasteiger partial charge >= 0.3 is 6.18 Å². The van der Waals surface area contributed by atoms with E-state index in [9.17, 15) is 31.2 Å². The maximum Gasteiger partial charge on any atom is 0.411 e. The highest BCUT2D eigenvalue weighted by Crippen LogP contribution is 2.44. The molecule has 218 valence electrons. The first-order valence-electron chi connectivity index (χ1n) is 13.1. The molecule has 0 saturated heterocycles. The van der Waals surface area contributed by atoms with Gasteiger partial charge in [0.1, 0.15) is 36.1 Å².